The normalized spacial score (nSPS) is 16.9. The maximum atomic E-state index is 13.8. The summed E-state index contributed by atoms with van der Waals surface area (Å²) in [6.45, 7) is 0.893. The van der Waals surface area contributed by atoms with Crippen molar-refractivity contribution in [1.82, 2.24) is 9.62 Å². The van der Waals surface area contributed by atoms with Gasteiger partial charge in [-0.2, -0.15) is 4.31 Å². The van der Waals surface area contributed by atoms with Crippen LogP contribution in [0.5, 0.6) is 0 Å². The lowest BCUT2D eigenvalue weighted by Gasteiger charge is -2.26. The Labute approximate surface area is 116 Å². The Morgan fingerprint density at radius 3 is 2.60 bits per heavy atom. The Kier molecular flexibility index (Phi) is 4.36. The fraction of sp³-hybridized carbons (Fsp3) is 0.417. The molecule has 1 aliphatic rings. The molecule has 0 atom stereocenters. The van der Waals surface area contributed by atoms with Gasteiger partial charge >= 0.3 is 0 Å². The number of rotatable bonds is 3. The summed E-state index contributed by atoms with van der Waals surface area (Å²) in [7, 11) is -2.54. The summed E-state index contributed by atoms with van der Waals surface area (Å²) < 4.78 is 44.8. The Bertz CT molecular complexity index is 612. The van der Waals surface area contributed by atoms with Crippen molar-refractivity contribution in [2.24, 2.45) is 0 Å². The third kappa shape index (κ3) is 2.82. The summed E-state index contributed by atoms with van der Waals surface area (Å²) in [4.78, 5) is 11.0. The van der Waals surface area contributed by atoms with Gasteiger partial charge in [-0.05, 0) is 18.2 Å². The second-order valence-corrected chi connectivity index (χ2v) is 6.15. The summed E-state index contributed by atoms with van der Waals surface area (Å²) in [5, 5.41) is 2.37. The van der Waals surface area contributed by atoms with Gasteiger partial charge in [0.15, 0.2) is 0 Å². The number of nitrogens with one attached hydrogen (secondary N) is 1. The first-order valence-electron chi connectivity index (χ1n) is 6.06. The zero-order valence-corrected chi connectivity index (χ0v) is 11.7. The van der Waals surface area contributed by atoms with E-state index < -0.39 is 26.6 Å². The average molecular weight is 302 g/mol. The van der Waals surface area contributed by atoms with E-state index in [1.54, 1.807) is 0 Å². The number of carbonyl (C=O) groups is 1. The molecule has 0 aliphatic carbocycles. The van der Waals surface area contributed by atoms with E-state index in [2.05, 4.69) is 5.32 Å². The molecule has 1 saturated heterocycles. The van der Waals surface area contributed by atoms with Gasteiger partial charge < -0.3 is 10.1 Å². The van der Waals surface area contributed by atoms with Gasteiger partial charge in [-0.1, -0.05) is 0 Å². The van der Waals surface area contributed by atoms with E-state index in [1.807, 2.05) is 0 Å². The lowest BCUT2D eigenvalue weighted by Crippen LogP contribution is -2.41. The second kappa shape index (κ2) is 5.86. The molecule has 1 aromatic carbocycles. The van der Waals surface area contributed by atoms with Crippen molar-refractivity contribution < 1.29 is 22.3 Å². The predicted molar refractivity (Wildman–Crippen MR) is 69.4 cm³/mol. The molecule has 110 valence electrons. The maximum absolute atomic E-state index is 13.8. The van der Waals surface area contributed by atoms with Crippen LogP contribution in [0.3, 0.4) is 0 Å². The third-order valence-electron chi connectivity index (χ3n) is 3.01. The minimum Gasteiger partial charge on any atom is -0.379 e. The van der Waals surface area contributed by atoms with Crippen LogP contribution in [0, 0.1) is 5.82 Å². The first kappa shape index (κ1) is 14.9. The first-order chi connectivity index (χ1) is 9.46. The number of carbonyl (C=O) groups excluding carboxylic acids is 1. The van der Waals surface area contributed by atoms with Crippen LogP contribution in [-0.4, -0.2) is 52.0 Å². The van der Waals surface area contributed by atoms with Gasteiger partial charge in [-0.25, -0.2) is 12.8 Å². The quantitative estimate of drug-likeness (QED) is 0.866. The molecule has 1 aromatic rings. The molecule has 1 aliphatic heterocycles. The number of hydrogen-bond acceptors (Lipinski definition) is 4. The second-order valence-electron chi connectivity index (χ2n) is 4.24. The lowest BCUT2D eigenvalue weighted by molar-refractivity contribution is 0.0729. The van der Waals surface area contributed by atoms with Crippen molar-refractivity contribution in [3.63, 3.8) is 0 Å². The Hall–Kier alpha value is -1.51. The highest BCUT2D eigenvalue weighted by Crippen LogP contribution is 2.21. The molecule has 1 N–H and O–H groups in total. The highest BCUT2D eigenvalue weighted by molar-refractivity contribution is 7.89. The van der Waals surface area contributed by atoms with Crippen LogP contribution < -0.4 is 5.32 Å². The van der Waals surface area contributed by atoms with Gasteiger partial charge in [-0.15, -0.1) is 0 Å². The van der Waals surface area contributed by atoms with Gasteiger partial charge in [0.05, 0.1) is 13.2 Å². The average Bonchev–Trinajstić information content (AvgIpc) is 2.47. The highest BCUT2D eigenvalue weighted by atomic mass is 32.2. The minimum atomic E-state index is -3.96. The van der Waals surface area contributed by atoms with Crippen molar-refractivity contribution in [3.05, 3.63) is 29.6 Å². The molecule has 8 heteroatoms. The molecular weight excluding hydrogens is 287 g/mol. The Balaban J connectivity index is 2.42. The van der Waals surface area contributed by atoms with Gasteiger partial charge in [-0.3, -0.25) is 4.79 Å². The molecular formula is C12H15FN2O4S. The van der Waals surface area contributed by atoms with Gasteiger partial charge in [0, 0.05) is 25.7 Å². The number of halogens is 1. The van der Waals surface area contributed by atoms with Gasteiger partial charge in [0.25, 0.3) is 5.91 Å². The summed E-state index contributed by atoms with van der Waals surface area (Å²) in [5.74, 6) is -1.34. The third-order valence-corrected chi connectivity index (χ3v) is 4.92. The Morgan fingerprint density at radius 1 is 1.35 bits per heavy atom. The molecule has 6 nitrogen and oxygen atoms in total. The van der Waals surface area contributed by atoms with Crippen LogP contribution in [0.4, 0.5) is 4.39 Å². The SMILES string of the molecule is CNC(=O)c1ccc(F)c(S(=O)(=O)N2CCOCC2)c1. The molecule has 2 rings (SSSR count). The number of amides is 1. The topological polar surface area (TPSA) is 75.7 Å². The van der Waals surface area contributed by atoms with Crippen molar-refractivity contribution in [2.45, 2.75) is 4.90 Å². The summed E-state index contributed by atoms with van der Waals surface area (Å²) in [6, 6.07) is 3.28. The maximum Gasteiger partial charge on any atom is 0.251 e. The molecule has 0 unspecified atom stereocenters. The van der Waals surface area contributed by atoms with Crippen LogP contribution in [0.1, 0.15) is 10.4 Å². The minimum absolute atomic E-state index is 0.0979. The summed E-state index contributed by atoms with van der Waals surface area (Å²) in [6.07, 6.45) is 0. The van der Waals surface area contributed by atoms with E-state index in [1.165, 1.54) is 13.1 Å². The molecule has 1 amide bonds. The van der Waals surface area contributed by atoms with Gasteiger partial charge in [0.2, 0.25) is 10.0 Å². The molecule has 0 radical (unpaired) electrons. The number of ether oxygens (including phenoxy) is 1. The van der Waals surface area contributed by atoms with E-state index >= 15 is 0 Å². The van der Waals surface area contributed by atoms with Crippen LogP contribution in [0.15, 0.2) is 23.1 Å². The van der Waals surface area contributed by atoms with E-state index in [4.69, 9.17) is 4.74 Å². The molecule has 1 fully saturated rings. The fourth-order valence-corrected chi connectivity index (χ4v) is 3.41. The lowest BCUT2D eigenvalue weighted by atomic mass is 10.2. The van der Waals surface area contributed by atoms with E-state index in [-0.39, 0.29) is 31.9 Å². The molecule has 0 saturated carbocycles. The molecule has 1 heterocycles. The van der Waals surface area contributed by atoms with Crippen molar-refractivity contribution in [3.8, 4) is 0 Å². The van der Waals surface area contributed by atoms with Crippen LogP contribution in [0.2, 0.25) is 0 Å². The zero-order valence-electron chi connectivity index (χ0n) is 10.9. The molecule has 0 spiro atoms. The van der Waals surface area contributed by atoms with Crippen molar-refractivity contribution in [1.29, 1.82) is 0 Å². The van der Waals surface area contributed by atoms with Crippen LogP contribution in [-0.2, 0) is 14.8 Å². The van der Waals surface area contributed by atoms with E-state index in [9.17, 15) is 17.6 Å². The summed E-state index contributed by atoms with van der Waals surface area (Å²) >= 11 is 0. The smallest absolute Gasteiger partial charge is 0.251 e. The standard InChI is InChI=1S/C12H15FN2O4S/c1-14-12(16)9-2-3-10(13)11(8-9)20(17,18)15-4-6-19-7-5-15/h2-3,8H,4-7H2,1H3,(H,14,16). The first-order valence-corrected chi connectivity index (χ1v) is 7.50. The number of morpholine rings is 1. The Morgan fingerprint density at radius 2 is 2.00 bits per heavy atom. The molecule has 0 aromatic heterocycles. The monoisotopic (exact) mass is 302 g/mol. The fourth-order valence-electron chi connectivity index (χ4n) is 1.91. The van der Waals surface area contributed by atoms with Crippen LogP contribution in [0.25, 0.3) is 0 Å². The predicted octanol–water partition coefficient (Wildman–Crippen LogP) is 0.206. The number of benzene rings is 1. The van der Waals surface area contributed by atoms with Crippen molar-refractivity contribution in [2.75, 3.05) is 33.4 Å². The number of hydrogen-bond donors (Lipinski definition) is 1. The molecule has 20 heavy (non-hydrogen) atoms. The molecule has 0 bridgehead atoms. The van der Waals surface area contributed by atoms with Gasteiger partial charge in [0.1, 0.15) is 10.7 Å². The summed E-state index contributed by atoms with van der Waals surface area (Å²) in [5.41, 5.74) is 0.0979. The van der Waals surface area contributed by atoms with E-state index in [0.29, 0.717) is 0 Å². The zero-order chi connectivity index (χ0) is 14.8. The van der Waals surface area contributed by atoms with Crippen LogP contribution >= 0.6 is 0 Å². The van der Waals surface area contributed by atoms with Crippen molar-refractivity contribution >= 4 is 15.9 Å². The number of sulfonamides is 1. The number of nitrogens with zero attached hydrogens (tertiary/aromatic N) is 1. The largest absolute Gasteiger partial charge is 0.379 e. The highest BCUT2D eigenvalue weighted by Gasteiger charge is 2.29. The van der Waals surface area contributed by atoms with E-state index in [0.717, 1.165) is 16.4 Å².